The number of nitrogens with one attached hydrogen (secondary N) is 2. The third-order valence-electron chi connectivity index (χ3n) is 2.46. The number of hydrogen-bond donors (Lipinski definition) is 2. The summed E-state index contributed by atoms with van der Waals surface area (Å²) in [5, 5.41) is 5.69. The average molecular weight is 332 g/mol. The molecule has 0 aromatic heterocycles. The van der Waals surface area contributed by atoms with Crippen LogP contribution in [0, 0.1) is 9.49 Å². The van der Waals surface area contributed by atoms with Crippen molar-refractivity contribution < 1.29 is 4.79 Å². The van der Waals surface area contributed by atoms with Gasteiger partial charge in [-0.15, -0.1) is 0 Å². The van der Waals surface area contributed by atoms with Crippen LogP contribution in [0.15, 0.2) is 24.3 Å². The summed E-state index contributed by atoms with van der Waals surface area (Å²) in [4.78, 5) is 11.6. The van der Waals surface area contributed by atoms with Crippen molar-refractivity contribution in [2.24, 2.45) is 5.92 Å². The first kappa shape index (κ1) is 13.3. The second-order valence-electron chi connectivity index (χ2n) is 4.14. The molecular formula is C12H17IN2O. The van der Waals surface area contributed by atoms with Gasteiger partial charge in [-0.3, -0.25) is 0 Å². The van der Waals surface area contributed by atoms with E-state index in [0.29, 0.717) is 5.92 Å². The lowest BCUT2D eigenvalue weighted by molar-refractivity contribution is 0.246. The summed E-state index contributed by atoms with van der Waals surface area (Å²) < 4.78 is 1.15. The summed E-state index contributed by atoms with van der Waals surface area (Å²) in [5.41, 5.74) is 0.814. The molecule has 4 heteroatoms. The number of halogens is 1. The van der Waals surface area contributed by atoms with E-state index in [9.17, 15) is 4.79 Å². The second-order valence-corrected chi connectivity index (χ2v) is 5.38. The lowest BCUT2D eigenvalue weighted by atomic mass is 10.1. The number of benzene rings is 1. The normalized spacial score (nSPS) is 12.3. The summed E-state index contributed by atoms with van der Waals surface area (Å²) in [6, 6.07) is 7.72. The lowest BCUT2D eigenvalue weighted by Gasteiger charge is -2.17. The van der Waals surface area contributed by atoms with Gasteiger partial charge < -0.3 is 10.6 Å². The summed E-state index contributed by atoms with van der Waals surface area (Å²) in [7, 11) is 0. The van der Waals surface area contributed by atoms with Crippen molar-refractivity contribution in [2.45, 2.75) is 26.8 Å². The number of carbonyl (C=O) groups excluding carboxylic acids is 1. The van der Waals surface area contributed by atoms with Crippen molar-refractivity contribution >= 4 is 34.3 Å². The van der Waals surface area contributed by atoms with Crippen LogP contribution < -0.4 is 10.6 Å². The maximum Gasteiger partial charge on any atom is 0.319 e. The Morgan fingerprint density at radius 1 is 1.19 bits per heavy atom. The minimum Gasteiger partial charge on any atom is -0.335 e. The SMILES string of the molecule is CC(C)C(C)NC(=O)Nc1ccc(I)cc1. The molecular weight excluding hydrogens is 315 g/mol. The molecule has 16 heavy (non-hydrogen) atoms. The Labute approximate surface area is 110 Å². The number of carbonyl (C=O) groups is 1. The first-order valence-corrected chi connectivity index (χ1v) is 6.40. The van der Waals surface area contributed by atoms with E-state index in [1.807, 2.05) is 31.2 Å². The van der Waals surface area contributed by atoms with Gasteiger partial charge >= 0.3 is 6.03 Å². The largest absolute Gasteiger partial charge is 0.335 e. The fraction of sp³-hybridized carbons (Fsp3) is 0.417. The van der Waals surface area contributed by atoms with Crippen molar-refractivity contribution in [1.29, 1.82) is 0 Å². The highest BCUT2D eigenvalue weighted by atomic mass is 127. The molecule has 3 nitrogen and oxygen atoms in total. The van der Waals surface area contributed by atoms with Crippen molar-refractivity contribution in [3.63, 3.8) is 0 Å². The van der Waals surface area contributed by atoms with Crippen molar-refractivity contribution in [3.05, 3.63) is 27.8 Å². The molecule has 0 radical (unpaired) electrons. The number of anilines is 1. The Morgan fingerprint density at radius 2 is 1.75 bits per heavy atom. The number of hydrogen-bond acceptors (Lipinski definition) is 1. The Balaban J connectivity index is 2.48. The molecule has 0 heterocycles. The number of amides is 2. The second kappa shape index (κ2) is 6.08. The maximum absolute atomic E-state index is 11.6. The van der Waals surface area contributed by atoms with Crippen LogP contribution in [0.4, 0.5) is 10.5 Å². The maximum atomic E-state index is 11.6. The van der Waals surface area contributed by atoms with Crippen molar-refractivity contribution in [3.8, 4) is 0 Å². The van der Waals surface area contributed by atoms with Gasteiger partial charge in [-0.25, -0.2) is 4.79 Å². The Bertz CT molecular complexity index is 349. The molecule has 0 saturated heterocycles. The van der Waals surface area contributed by atoms with Gasteiger partial charge in [0.2, 0.25) is 0 Å². The molecule has 0 aliphatic carbocycles. The van der Waals surface area contributed by atoms with E-state index in [1.165, 1.54) is 0 Å². The van der Waals surface area contributed by atoms with E-state index in [4.69, 9.17) is 0 Å². The van der Waals surface area contributed by atoms with E-state index in [1.54, 1.807) is 0 Å². The first-order valence-electron chi connectivity index (χ1n) is 5.32. The highest BCUT2D eigenvalue weighted by molar-refractivity contribution is 14.1. The zero-order valence-electron chi connectivity index (χ0n) is 9.75. The van der Waals surface area contributed by atoms with Gasteiger partial charge in [-0.05, 0) is 59.7 Å². The molecule has 0 aliphatic rings. The molecule has 2 N–H and O–H groups in total. The predicted octanol–water partition coefficient (Wildman–Crippen LogP) is 3.46. The van der Waals surface area contributed by atoms with Gasteiger partial charge in [0.15, 0.2) is 0 Å². The highest BCUT2D eigenvalue weighted by Crippen LogP contribution is 2.11. The monoisotopic (exact) mass is 332 g/mol. The fourth-order valence-electron chi connectivity index (χ4n) is 1.07. The standard InChI is InChI=1S/C12H17IN2O/c1-8(2)9(3)14-12(16)15-11-6-4-10(13)5-7-11/h4-9H,1-3H3,(H2,14,15,16). The Morgan fingerprint density at radius 3 is 2.25 bits per heavy atom. The van der Waals surface area contributed by atoms with Gasteiger partial charge in [0, 0.05) is 15.3 Å². The summed E-state index contributed by atoms with van der Waals surface area (Å²) in [6.45, 7) is 6.16. The summed E-state index contributed by atoms with van der Waals surface area (Å²) in [5.74, 6) is 0.433. The molecule has 88 valence electrons. The first-order chi connectivity index (χ1) is 7.49. The van der Waals surface area contributed by atoms with Crippen LogP contribution in [-0.4, -0.2) is 12.1 Å². The molecule has 0 spiro atoms. The van der Waals surface area contributed by atoms with E-state index >= 15 is 0 Å². The zero-order chi connectivity index (χ0) is 12.1. The minimum atomic E-state index is -0.151. The molecule has 0 bridgehead atoms. The topological polar surface area (TPSA) is 41.1 Å². The number of urea groups is 1. The molecule has 0 fully saturated rings. The quantitative estimate of drug-likeness (QED) is 0.818. The van der Waals surface area contributed by atoms with Gasteiger partial charge in [-0.1, -0.05) is 13.8 Å². The van der Waals surface area contributed by atoms with Crippen molar-refractivity contribution in [1.82, 2.24) is 5.32 Å². The molecule has 1 aromatic rings. The predicted molar refractivity (Wildman–Crippen MR) is 75.6 cm³/mol. The van der Waals surface area contributed by atoms with Gasteiger partial charge in [0.05, 0.1) is 0 Å². The highest BCUT2D eigenvalue weighted by Gasteiger charge is 2.10. The molecule has 0 saturated carbocycles. The minimum absolute atomic E-state index is 0.151. The molecule has 1 atom stereocenters. The van der Waals surface area contributed by atoms with Crippen molar-refractivity contribution in [2.75, 3.05) is 5.32 Å². The van der Waals surface area contributed by atoms with Gasteiger partial charge in [-0.2, -0.15) is 0 Å². The van der Waals surface area contributed by atoms with E-state index in [0.717, 1.165) is 9.26 Å². The van der Waals surface area contributed by atoms with Crippen LogP contribution in [0.2, 0.25) is 0 Å². The fourth-order valence-corrected chi connectivity index (χ4v) is 1.43. The van der Waals surface area contributed by atoms with Crippen LogP contribution in [0.5, 0.6) is 0 Å². The molecule has 1 aromatic carbocycles. The third-order valence-corrected chi connectivity index (χ3v) is 3.18. The third kappa shape index (κ3) is 4.38. The summed E-state index contributed by atoms with van der Waals surface area (Å²) >= 11 is 2.23. The van der Waals surface area contributed by atoms with E-state index in [-0.39, 0.29) is 12.1 Å². The number of rotatable bonds is 3. The molecule has 2 amide bonds. The van der Waals surface area contributed by atoms with E-state index < -0.39 is 0 Å². The van der Waals surface area contributed by atoms with Crippen LogP contribution >= 0.6 is 22.6 Å². The zero-order valence-corrected chi connectivity index (χ0v) is 11.9. The van der Waals surface area contributed by atoms with Crippen LogP contribution in [-0.2, 0) is 0 Å². The average Bonchev–Trinajstić information content (AvgIpc) is 2.21. The molecule has 1 rings (SSSR count). The summed E-state index contributed by atoms with van der Waals surface area (Å²) in [6.07, 6.45) is 0. The Kier molecular flexibility index (Phi) is 5.05. The van der Waals surface area contributed by atoms with Gasteiger partial charge in [0.1, 0.15) is 0 Å². The van der Waals surface area contributed by atoms with Crippen LogP contribution in [0.1, 0.15) is 20.8 Å². The molecule has 0 aliphatic heterocycles. The van der Waals surface area contributed by atoms with Crippen LogP contribution in [0.25, 0.3) is 0 Å². The lowest BCUT2D eigenvalue weighted by Crippen LogP contribution is -2.38. The molecule has 1 unspecified atom stereocenters. The van der Waals surface area contributed by atoms with Crippen LogP contribution in [0.3, 0.4) is 0 Å². The van der Waals surface area contributed by atoms with E-state index in [2.05, 4.69) is 47.1 Å². The Hall–Kier alpha value is -0.780. The smallest absolute Gasteiger partial charge is 0.319 e. The van der Waals surface area contributed by atoms with Gasteiger partial charge in [0.25, 0.3) is 0 Å².